The quantitative estimate of drug-likeness (QED) is 0.102. The van der Waals surface area contributed by atoms with E-state index in [2.05, 4.69) is 30.6 Å². The predicted octanol–water partition coefficient (Wildman–Crippen LogP) is 3.62. The molecule has 3 amide bonds. The van der Waals surface area contributed by atoms with Gasteiger partial charge in [-0.25, -0.2) is 18.1 Å². The van der Waals surface area contributed by atoms with Crippen LogP contribution in [0.4, 0.5) is 11.6 Å². The minimum Gasteiger partial charge on any atom is -0.484 e. The van der Waals surface area contributed by atoms with Gasteiger partial charge in [0.15, 0.2) is 6.61 Å². The van der Waals surface area contributed by atoms with Crippen LogP contribution in [-0.4, -0.2) is 73.6 Å². The summed E-state index contributed by atoms with van der Waals surface area (Å²) in [5.41, 5.74) is 2.23. The largest absolute Gasteiger partial charge is 0.484 e. The third kappa shape index (κ3) is 9.37. The molecule has 2 aliphatic rings. The van der Waals surface area contributed by atoms with Crippen LogP contribution >= 0.6 is 11.6 Å². The first-order valence-corrected chi connectivity index (χ1v) is 19.2. The first kappa shape index (κ1) is 37.8. The van der Waals surface area contributed by atoms with Crippen LogP contribution in [0.1, 0.15) is 61.6 Å². The molecule has 0 bridgehead atoms. The number of ether oxygens (including phenoxy) is 2. The Hall–Kier alpha value is -4.90. The normalized spacial score (nSPS) is 16.5. The molecule has 17 heteroatoms. The number of imide groups is 1. The number of nitrogens with one attached hydrogen (secondary N) is 4. The van der Waals surface area contributed by atoms with Crippen LogP contribution in [0.3, 0.4) is 0 Å². The fraction of sp³-hybridized carbons (Fsp3) is 0.389. The lowest BCUT2D eigenvalue weighted by molar-refractivity contribution is -0.134. The van der Waals surface area contributed by atoms with E-state index in [4.69, 9.17) is 21.1 Å². The minimum atomic E-state index is -3.84. The number of benzene rings is 2. The van der Waals surface area contributed by atoms with E-state index in [1.54, 1.807) is 54.1 Å². The summed E-state index contributed by atoms with van der Waals surface area (Å²) in [6.45, 7) is 2.00. The van der Waals surface area contributed by atoms with Crippen LogP contribution in [0.2, 0.25) is 5.02 Å². The highest BCUT2D eigenvalue weighted by atomic mass is 35.5. The third-order valence-corrected chi connectivity index (χ3v) is 10.9. The van der Waals surface area contributed by atoms with Gasteiger partial charge in [0, 0.05) is 42.8 Å². The van der Waals surface area contributed by atoms with Gasteiger partial charge < -0.3 is 20.1 Å². The maximum atomic E-state index is 13.0. The van der Waals surface area contributed by atoms with E-state index in [1.165, 1.54) is 12.1 Å². The molecule has 6 rings (SSSR count). The van der Waals surface area contributed by atoms with E-state index in [9.17, 15) is 27.6 Å². The molecule has 1 saturated carbocycles. The number of hydrogen-bond donors (Lipinski definition) is 4. The Morgan fingerprint density at radius 1 is 1.02 bits per heavy atom. The maximum Gasteiger partial charge on any atom is 0.271 e. The molecule has 280 valence electrons. The Labute approximate surface area is 310 Å². The van der Waals surface area contributed by atoms with Crippen molar-refractivity contribution in [2.24, 2.45) is 0 Å². The summed E-state index contributed by atoms with van der Waals surface area (Å²) in [4.78, 5) is 57.7. The number of carbonyl (C=O) groups is 3. The first-order chi connectivity index (χ1) is 25.5. The van der Waals surface area contributed by atoms with Gasteiger partial charge in [-0.2, -0.15) is 4.98 Å². The van der Waals surface area contributed by atoms with Gasteiger partial charge in [-0.05, 0) is 73.7 Å². The number of anilines is 2. The number of piperidine rings is 1. The van der Waals surface area contributed by atoms with Crippen LogP contribution in [0.15, 0.2) is 64.4 Å². The van der Waals surface area contributed by atoms with Gasteiger partial charge in [0.2, 0.25) is 27.8 Å². The minimum absolute atomic E-state index is 0.0188. The third-order valence-electron chi connectivity index (χ3n) is 9.17. The van der Waals surface area contributed by atoms with Crippen molar-refractivity contribution in [1.82, 2.24) is 29.9 Å². The average Bonchev–Trinajstić information content (AvgIpc) is 3.67. The molecule has 1 unspecified atom stereocenters. The average molecular weight is 766 g/mol. The zero-order valence-corrected chi connectivity index (χ0v) is 30.6. The number of pyridine rings is 1. The van der Waals surface area contributed by atoms with Crippen molar-refractivity contribution in [3.63, 3.8) is 0 Å². The molecule has 4 N–H and O–H groups in total. The van der Waals surface area contributed by atoms with Gasteiger partial charge in [0.25, 0.3) is 11.5 Å². The molecule has 0 radical (unpaired) electrons. The monoisotopic (exact) mass is 765 g/mol. The molecular formula is C36H40ClN7O8S. The van der Waals surface area contributed by atoms with E-state index in [1.807, 2.05) is 0 Å². The molecule has 4 aromatic rings. The molecule has 0 spiro atoms. The van der Waals surface area contributed by atoms with Crippen molar-refractivity contribution in [2.45, 2.75) is 62.3 Å². The fourth-order valence-electron chi connectivity index (χ4n) is 6.42. The Balaban J connectivity index is 0.918. The number of fused-ring (bicyclic) bond motifs is 1. The number of nitrogens with zero attached hydrogens (tertiary/aromatic N) is 3. The number of hydrogen-bond acceptors (Lipinski definition) is 11. The van der Waals surface area contributed by atoms with Gasteiger partial charge >= 0.3 is 0 Å². The molecule has 15 nitrogen and oxygen atoms in total. The van der Waals surface area contributed by atoms with Crippen LogP contribution in [0.25, 0.3) is 11.0 Å². The van der Waals surface area contributed by atoms with Crippen LogP contribution in [-0.2, 0) is 29.1 Å². The maximum absolute atomic E-state index is 13.0. The molecule has 1 saturated heterocycles. The van der Waals surface area contributed by atoms with E-state index >= 15 is 0 Å². The molecule has 3 heterocycles. The standard InChI is InChI=1S/C36H40ClN7O8S/c1-22-18-27(10-12-30(22)41-36-39-20-24-19-29(37)35(48)44(33(24)43-36)25-4-2-3-5-25)53(49,50)40-15-17-51-16-14-38-32(46)21-52-26-8-6-23(7-9-26)28-11-13-31(45)42-34(28)47/h6-10,12,18-20,25,28,40H,2-5,11,13-17,21H2,1H3,(H,38,46)(H,39,41,43)(H,42,45,47). The van der Waals surface area contributed by atoms with Crippen molar-refractivity contribution >= 4 is 62.0 Å². The summed E-state index contributed by atoms with van der Waals surface area (Å²) >= 11 is 6.24. The number of sulfonamides is 1. The topological polar surface area (TPSA) is 200 Å². The summed E-state index contributed by atoms with van der Waals surface area (Å²) in [7, 11) is -3.84. The van der Waals surface area contributed by atoms with Crippen molar-refractivity contribution in [3.8, 4) is 5.75 Å². The molecule has 1 aliphatic heterocycles. The van der Waals surface area contributed by atoms with Crippen molar-refractivity contribution in [1.29, 1.82) is 0 Å². The van der Waals surface area contributed by atoms with E-state index in [0.717, 1.165) is 31.2 Å². The van der Waals surface area contributed by atoms with Crippen molar-refractivity contribution in [2.75, 3.05) is 38.2 Å². The van der Waals surface area contributed by atoms with Crippen LogP contribution in [0.5, 0.6) is 5.75 Å². The number of aromatic nitrogens is 3. The Bertz CT molecular complexity index is 2170. The lowest BCUT2D eigenvalue weighted by Gasteiger charge is -2.21. The molecule has 53 heavy (non-hydrogen) atoms. The molecule has 2 aromatic heterocycles. The zero-order valence-electron chi connectivity index (χ0n) is 29.0. The summed E-state index contributed by atoms with van der Waals surface area (Å²) in [6, 6.07) is 13.0. The van der Waals surface area contributed by atoms with Crippen molar-refractivity contribution < 1.29 is 32.3 Å². The van der Waals surface area contributed by atoms with Gasteiger partial charge in [-0.15, -0.1) is 0 Å². The highest BCUT2D eigenvalue weighted by Gasteiger charge is 2.28. The van der Waals surface area contributed by atoms with E-state index in [0.29, 0.717) is 34.5 Å². The Kier molecular flexibility index (Phi) is 12.0. The summed E-state index contributed by atoms with van der Waals surface area (Å²) < 4.78 is 41.1. The van der Waals surface area contributed by atoms with Crippen LogP contribution in [0, 0.1) is 6.92 Å². The Morgan fingerprint density at radius 3 is 2.51 bits per heavy atom. The molecule has 2 aromatic carbocycles. The summed E-state index contributed by atoms with van der Waals surface area (Å²) in [6.07, 6.45) is 6.16. The second-order valence-corrected chi connectivity index (χ2v) is 15.1. The van der Waals surface area contributed by atoms with E-state index < -0.39 is 15.9 Å². The fourth-order valence-corrected chi connectivity index (χ4v) is 7.72. The van der Waals surface area contributed by atoms with Gasteiger partial charge in [-0.1, -0.05) is 36.6 Å². The van der Waals surface area contributed by atoms with Crippen LogP contribution < -0.4 is 31.0 Å². The smallest absolute Gasteiger partial charge is 0.271 e. The second-order valence-electron chi connectivity index (χ2n) is 12.9. The highest BCUT2D eigenvalue weighted by Crippen LogP contribution is 2.32. The molecule has 1 atom stereocenters. The molecule has 2 fully saturated rings. The van der Waals surface area contributed by atoms with Gasteiger partial charge in [0.05, 0.1) is 24.0 Å². The number of halogens is 1. The number of rotatable bonds is 15. The van der Waals surface area contributed by atoms with E-state index in [-0.39, 0.29) is 84.5 Å². The molecular weight excluding hydrogens is 726 g/mol. The highest BCUT2D eigenvalue weighted by molar-refractivity contribution is 7.89. The Morgan fingerprint density at radius 2 is 1.77 bits per heavy atom. The van der Waals surface area contributed by atoms with Crippen molar-refractivity contribution in [3.05, 3.63) is 81.2 Å². The predicted molar refractivity (Wildman–Crippen MR) is 197 cm³/mol. The number of amides is 3. The van der Waals surface area contributed by atoms with Gasteiger partial charge in [0.1, 0.15) is 16.4 Å². The summed E-state index contributed by atoms with van der Waals surface area (Å²) in [5, 5.41) is 8.93. The van der Waals surface area contributed by atoms with Gasteiger partial charge in [-0.3, -0.25) is 29.1 Å². The lowest BCUT2D eigenvalue weighted by atomic mass is 9.90. The number of carbonyl (C=O) groups excluding carboxylic acids is 3. The lowest BCUT2D eigenvalue weighted by Crippen LogP contribution is -2.39. The number of aryl methyl sites for hydroxylation is 1. The second kappa shape index (κ2) is 16.8. The first-order valence-electron chi connectivity index (χ1n) is 17.3. The SMILES string of the molecule is Cc1cc(S(=O)(=O)NCCOCCNC(=O)COc2ccc(C3CCC(=O)NC3=O)cc2)ccc1Nc1ncc2cc(Cl)c(=O)n(C3CCCC3)c2n1. The zero-order chi connectivity index (χ0) is 37.5. The summed E-state index contributed by atoms with van der Waals surface area (Å²) in [5.74, 6) is -0.633. The molecule has 1 aliphatic carbocycles.